The maximum absolute atomic E-state index is 12.3. The number of carbonyl (C=O) groups excluding carboxylic acids is 1. The molecule has 2 aromatic rings. The van der Waals surface area contributed by atoms with Crippen molar-refractivity contribution in [3.63, 3.8) is 0 Å². The number of likely N-dealkylation sites (N-methyl/N-ethyl adjacent to an activating group) is 1. The fourth-order valence-corrected chi connectivity index (χ4v) is 3.62. The van der Waals surface area contributed by atoms with E-state index >= 15 is 0 Å². The molecule has 0 N–H and O–H groups in total. The van der Waals surface area contributed by atoms with E-state index in [0.29, 0.717) is 0 Å². The molecule has 0 radical (unpaired) electrons. The van der Waals surface area contributed by atoms with Gasteiger partial charge in [0, 0.05) is 26.2 Å². The van der Waals surface area contributed by atoms with Crippen LogP contribution in [0.1, 0.15) is 30.4 Å². The molecule has 0 saturated carbocycles. The Morgan fingerprint density at radius 2 is 1.67 bits per heavy atom. The Hall–Kier alpha value is -2.39. The third-order valence-electron chi connectivity index (χ3n) is 5.42. The van der Waals surface area contributed by atoms with E-state index in [1.807, 2.05) is 48.4 Å². The molecule has 0 spiro atoms. The van der Waals surface area contributed by atoms with E-state index in [1.165, 1.54) is 18.4 Å². The SMILES string of the molecule is CN(CCC1CCN(Cc2ccccc2)CC1)C(=O)C=Cc1ccccc1. The van der Waals surface area contributed by atoms with Gasteiger partial charge >= 0.3 is 0 Å². The lowest BCUT2D eigenvalue weighted by Gasteiger charge is -2.32. The number of rotatable bonds is 7. The van der Waals surface area contributed by atoms with E-state index in [4.69, 9.17) is 0 Å². The molecule has 27 heavy (non-hydrogen) atoms. The van der Waals surface area contributed by atoms with Gasteiger partial charge in [-0.25, -0.2) is 0 Å². The van der Waals surface area contributed by atoms with E-state index in [-0.39, 0.29) is 5.91 Å². The molecule has 1 amide bonds. The van der Waals surface area contributed by atoms with Crippen molar-refractivity contribution in [1.82, 2.24) is 9.80 Å². The molecule has 0 aromatic heterocycles. The summed E-state index contributed by atoms with van der Waals surface area (Å²) in [5.41, 5.74) is 2.46. The maximum Gasteiger partial charge on any atom is 0.246 e. The van der Waals surface area contributed by atoms with Gasteiger partial charge in [-0.05, 0) is 55.5 Å². The van der Waals surface area contributed by atoms with Crippen molar-refractivity contribution in [2.45, 2.75) is 25.8 Å². The van der Waals surface area contributed by atoms with Crippen LogP contribution in [0.2, 0.25) is 0 Å². The fraction of sp³-hybridized carbons (Fsp3) is 0.375. The number of amides is 1. The summed E-state index contributed by atoms with van der Waals surface area (Å²) >= 11 is 0. The summed E-state index contributed by atoms with van der Waals surface area (Å²) in [6, 6.07) is 20.7. The van der Waals surface area contributed by atoms with Crippen LogP contribution in [-0.4, -0.2) is 42.4 Å². The molecule has 0 aliphatic carbocycles. The largest absolute Gasteiger partial charge is 0.342 e. The van der Waals surface area contributed by atoms with Crippen LogP contribution in [0.15, 0.2) is 66.7 Å². The summed E-state index contributed by atoms with van der Waals surface area (Å²) in [7, 11) is 1.90. The number of carbonyl (C=O) groups is 1. The quantitative estimate of drug-likeness (QED) is 0.679. The molecule has 1 saturated heterocycles. The van der Waals surface area contributed by atoms with Gasteiger partial charge in [0.15, 0.2) is 0 Å². The normalized spacial score (nSPS) is 15.9. The molecular weight excluding hydrogens is 332 g/mol. The highest BCUT2D eigenvalue weighted by Crippen LogP contribution is 2.22. The number of hydrogen-bond acceptors (Lipinski definition) is 2. The molecule has 0 unspecified atom stereocenters. The van der Waals surface area contributed by atoms with E-state index < -0.39 is 0 Å². The molecule has 2 aromatic carbocycles. The second-order valence-electron chi connectivity index (χ2n) is 7.50. The highest BCUT2D eigenvalue weighted by atomic mass is 16.2. The van der Waals surface area contributed by atoms with E-state index in [0.717, 1.165) is 44.1 Å². The smallest absolute Gasteiger partial charge is 0.246 e. The van der Waals surface area contributed by atoms with Crippen LogP contribution >= 0.6 is 0 Å². The average molecular weight is 363 g/mol. The molecule has 3 nitrogen and oxygen atoms in total. The minimum atomic E-state index is 0.0837. The van der Waals surface area contributed by atoms with Crippen LogP contribution in [-0.2, 0) is 11.3 Å². The van der Waals surface area contributed by atoms with E-state index in [1.54, 1.807) is 6.08 Å². The average Bonchev–Trinajstić information content (AvgIpc) is 2.73. The van der Waals surface area contributed by atoms with Crippen LogP contribution in [0.4, 0.5) is 0 Å². The predicted molar refractivity (Wildman–Crippen MR) is 112 cm³/mol. The minimum absolute atomic E-state index is 0.0837. The summed E-state index contributed by atoms with van der Waals surface area (Å²) in [5, 5.41) is 0. The van der Waals surface area contributed by atoms with Crippen molar-refractivity contribution in [3.8, 4) is 0 Å². The van der Waals surface area contributed by atoms with Gasteiger partial charge < -0.3 is 4.90 Å². The molecule has 1 heterocycles. The lowest BCUT2D eigenvalue weighted by atomic mass is 9.93. The maximum atomic E-state index is 12.3. The zero-order chi connectivity index (χ0) is 18.9. The zero-order valence-corrected chi connectivity index (χ0v) is 16.3. The molecule has 3 heteroatoms. The summed E-state index contributed by atoms with van der Waals surface area (Å²) in [6.07, 6.45) is 7.13. The monoisotopic (exact) mass is 362 g/mol. The van der Waals surface area contributed by atoms with E-state index in [2.05, 4.69) is 35.2 Å². The van der Waals surface area contributed by atoms with E-state index in [9.17, 15) is 4.79 Å². The Balaban J connectivity index is 1.36. The van der Waals surface area contributed by atoms with Gasteiger partial charge in [0.1, 0.15) is 0 Å². The van der Waals surface area contributed by atoms with Gasteiger partial charge in [0.2, 0.25) is 5.91 Å². The van der Waals surface area contributed by atoms with Crippen molar-refractivity contribution >= 4 is 12.0 Å². The molecular formula is C24H30N2O. The highest BCUT2D eigenvalue weighted by molar-refractivity contribution is 5.91. The molecule has 0 atom stereocenters. The van der Waals surface area contributed by atoms with Crippen LogP contribution in [0.25, 0.3) is 6.08 Å². The fourth-order valence-electron chi connectivity index (χ4n) is 3.62. The van der Waals surface area contributed by atoms with Crippen molar-refractivity contribution in [2.24, 2.45) is 5.92 Å². The van der Waals surface area contributed by atoms with Crippen molar-refractivity contribution in [2.75, 3.05) is 26.7 Å². The Morgan fingerprint density at radius 3 is 2.33 bits per heavy atom. The van der Waals surface area contributed by atoms with Gasteiger partial charge in [0.25, 0.3) is 0 Å². The van der Waals surface area contributed by atoms with Gasteiger partial charge in [-0.3, -0.25) is 9.69 Å². The Kier molecular flexibility index (Phi) is 7.23. The van der Waals surface area contributed by atoms with Crippen molar-refractivity contribution in [3.05, 3.63) is 77.9 Å². The van der Waals surface area contributed by atoms with Gasteiger partial charge in [0.05, 0.1) is 0 Å². The molecule has 1 aliphatic heterocycles. The third kappa shape index (κ3) is 6.37. The first-order chi connectivity index (χ1) is 13.2. The molecule has 1 fully saturated rings. The first-order valence-corrected chi connectivity index (χ1v) is 9.95. The molecule has 3 rings (SSSR count). The molecule has 142 valence electrons. The summed E-state index contributed by atoms with van der Waals surface area (Å²) in [6.45, 7) is 4.20. The zero-order valence-electron chi connectivity index (χ0n) is 16.3. The minimum Gasteiger partial charge on any atom is -0.342 e. The highest BCUT2D eigenvalue weighted by Gasteiger charge is 2.20. The number of hydrogen-bond donors (Lipinski definition) is 0. The number of likely N-dealkylation sites (tertiary alicyclic amines) is 1. The molecule has 0 bridgehead atoms. The number of piperidine rings is 1. The van der Waals surface area contributed by atoms with Gasteiger partial charge in [-0.2, -0.15) is 0 Å². The first kappa shape index (κ1) is 19.4. The van der Waals surface area contributed by atoms with Crippen LogP contribution in [0.3, 0.4) is 0 Å². The topological polar surface area (TPSA) is 23.6 Å². The van der Waals surface area contributed by atoms with Crippen LogP contribution in [0, 0.1) is 5.92 Å². The first-order valence-electron chi connectivity index (χ1n) is 9.95. The summed E-state index contributed by atoms with van der Waals surface area (Å²) in [5.74, 6) is 0.811. The van der Waals surface area contributed by atoms with Crippen molar-refractivity contribution in [1.29, 1.82) is 0 Å². The Morgan fingerprint density at radius 1 is 1.04 bits per heavy atom. The Bertz CT molecular complexity index is 719. The summed E-state index contributed by atoms with van der Waals surface area (Å²) in [4.78, 5) is 16.7. The lowest BCUT2D eigenvalue weighted by Crippen LogP contribution is -2.35. The van der Waals surface area contributed by atoms with Gasteiger partial charge in [-0.1, -0.05) is 60.7 Å². The number of nitrogens with zero attached hydrogens (tertiary/aromatic N) is 2. The second kappa shape index (κ2) is 10.1. The third-order valence-corrected chi connectivity index (χ3v) is 5.42. The van der Waals surface area contributed by atoms with Crippen molar-refractivity contribution < 1.29 is 4.79 Å². The summed E-state index contributed by atoms with van der Waals surface area (Å²) < 4.78 is 0. The van der Waals surface area contributed by atoms with Crippen LogP contribution in [0.5, 0.6) is 0 Å². The Labute approximate surface area is 163 Å². The number of benzene rings is 2. The lowest BCUT2D eigenvalue weighted by molar-refractivity contribution is -0.124. The van der Waals surface area contributed by atoms with Crippen LogP contribution < -0.4 is 0 Å². The second-order valence-corrected chi connectivity index (χ2v) is 7.50. The predicted octanol–water partition coefficient (Wildman–Crippen LogP) is 4.46. The molecule has 1 aliphatic rings. The standard InChI is InChI=1S/C24H30N2O/c1-25(24(27)13-12-21-8-4-2-5-9-21)17-14-22-15-18-26(19-16-22)20-23-10-6-3-7-11-23/h2-13,22H,14-20H2,1H3. The van der Waals surface area contributed by atoms with Gasteiger partial charge in [-0.15, -0.1) is 0 Å².